The molecule has 4 heteroatoms. The third kappa shape index (κ3) is 4.78. The molecule has 11 rings (SSSR count). The summed E-state index contributed by atoms with van der Waals surface area (Å²) in [7, 11) is 0. The SMILES string of the molecule is c1ccc(-c2cc(-n3c4ccc(-c5ccc6c(c5)c5ccccc5n6-c5ccccc5)cc4c4c5ccccc5ccc43)nc(-c3ccccc3)n2)cc1. The number of nitrogens with zero attached hydrogens (tertiary/aromatic N) is 4. The molecule has 3 aromatic heterocycles. The van der Waals surface area contributed by atoms with E-state index in [4.69, 9.17) is 9.97 Å². The van der Waals surface area contributed by atoms with Crippen LogP contribution in [0.3, 0.4) is 0 Å². The summed E-state index contributed by atoms with van der Waals surface area (Å²) in [6, 6.07) is 69.1. The van der Waals surface area contributed by atoms with Gasteiger partial charge in [-0.15, -0.1) is 0 Å². The van der Waals surface area contributed by atoms with E-state index in [1.807, 2.05) is 24.3 Å². The molecular formula is C50H32N4. The molecule has 4 nitrogen and oxygen atoms in total. The van der Waals surface area contributed by atoms with E-state index >= 15 is 0 Å². The van der Waals surface area contributed by atoms with Gasteiger partial charge >= 0.3 is 0 Å². The zero-order chi connectivity index (χ0) is 35.6. The van der Waals surface area contributed by atoms with Crippen molar-refractivity contribution in [3.63, 3.8) is 0 Å². The van der Waals surface area contributed by atoms with Crippen LogP contribution < -0.4 is 0 Å². The Morgan fingerprint density at radius 3 is 1.67 bits per heavy atom. The van der Waals surface area contributed by atoms with Gasteiger partial charge in [-0.2, -0.15) is 0 Å². The second-order valence-electron chi connectivity index (χ2n) is 13.8. The summed E-state index contributed by atoms with van der Waals surface area (Å²) in [5.41, 5.74) is 11.0. The lowest BCUT2D eigenvalue weighted by molar-refractivity contribution is 1.05. The van der Waals surface area contributed by atoms with Gasteiger partial charge < -0.3 is 4.57 Å². The fourth-order valence-electron chi connectivity index (χ4n) is 8.25. The highest BCUT2D eigenvalue weighted by atomic mass is 15.1. The molecule has 54 heavy (non-hydrogen) atoms. The van der Waals surface area contributed by atoms with E-state index in [2.05, 4.69) is 179 Å². The zero-order valence-corrected chi connectivity index (χ0v) is 29.3. The number of benzene rings is 8. The molecule has 8 aromatic carbocycles. The first kappa shape index (κ1) is 30.3. The summed E-state index contributed by atoms with van der Waals surface area (Å²) >= 11 is 0. The molecule has 11 aromatic rings. The molecule has 0 saturated carbocycles. The molecule has 0 unspecified atom stereocenters. The molecule has 0 aliphatic heterocycles. The first-order valence-corrected chi connectivity index (χ1v) is 18.3. The van der Waals surface area contributed by atoms with E-state index in [9.17, 15) is 0 Å². The molecule has 3 heterocycles. The molecule has 0 saturated heterocycles. The normalized spacial score (nSPS) is 11.7. The molecule has 0 fully saturated rings. The van der Waals surface area contributed by atoms with Gasteiger partial charge in [0.05, 0.1) is 27.8 Å². The number of aromatic nitrogens is 4. The van der Waals surface area contributed by atoms with E-state index in [0.717, 1.165) is 39.4 Å². The second-order valence-corrected chi connectivity index (χ2v) is 13.8. The predicted molar refractivity (Wildman–Crippen MR) is 225 cm³/mol. The Labute approximate surface area is 311 Å². The number of hydrogen-bond donors (Lipinski definition) is 0. The number of rotatable bonds is 5. The molecular weight excluding hydrogens is 657 g/mol. The van der Waals surface area contributed by atoms with Crippen molar-refractivity contribution in [2.75, 3.05) is 0 Å². The van der Waals surface area contributed by atoms with Crippen LogP contribution in [0, 0.1) is 0 Å². The van der Waals surface area contributed by atoms with Crippen molar-refractivity contribution in [1.29, 1.82) is 0 Å². The third-order valence-corrected chi connectivity index (χ3v) is 10.7. The molecule has 0 radical (unpaired) electrons. The van der Waals surface area contributed by atoms with Crippen LogP contribution in [0.25, 0.3) is 99.7 Å². The van der Waals surface area contributed by atoms with E-state index in [0.29, 0.717) is 5.82 Å². The molecule has 0 amide bonds. The summed E-state index contributed by atoms with van der Waals surface area (Å²) in [5, 5.41) is 7.32. The lowest BCUT2D eigenvalue weighted by atomic mass is 9.99. The molecule has 0 aliphatic carbocycles. The van der Waals surface area contributed by atoms with E-state index in [-0.39, 0.29) is 0 Å². The summed E-state index contributed by atoms with van der Waals surface area (Å²) in [6.45, 7) is 0. The maximum absolute atomic E-state index is 5.27. The molecule has 0 bridgehead atoms. The van der Waals surface area contributed by atoms with Gasteiger partial charge in [-0.25, -0.2) is 9.97 Å². The number of hydrogen-bond acceptors (Lipinski definition) is 2. The lowest BCUT2D eigenvalue weighted by Crippen LogP contribution is -2.02. The van der Waals surface area contributed by atoms with Gasteiger partial charge in [0.15, 0.2) is 5.82 Å². The monoisotopic (exact) mass is 688 g/mol. The average molecular weight is 689 g/mol. The maximum atomic E-state index is 5.27. The van der Waals surface area contributed by atoms with Crippen LogP contribution in [0.5, 0.6) is 0 Å². The van der Waals surface area contributed by atoms with Gasteiger partial charge in [0.1, 0.15) is 5.82 Å². The highest BCUT2D eigenvalue weighted by Crippen LogP contribution is 2.41. The van der Waals surface area contributed by atoms with Crippen molar-refractivity contribution in [3.8, 4) is 45.3 Å². The minimum Gasteiger partial charge on any atom is -0.309 e. The Bertz CT molecular complexity index is 3140. The van der Waals surface area contributed by atoms with Gasteiger partial charge in [-0.05, 0) is 70.4 Å². The van der Waals surface area contributed by atoms with E-state index < -0.39 is 0 Å². The minimum atomic E-state index is 0.697. The number of para-hydroxylation sites is 2. The number of fused-ring (bicyclic) bond motifs is 8. The highest BCUT2D eigenvalue weighted by molar-refractivity contribution is 6.22. The topological polar surface area (TPSA) is 35.6 Å². The van der Waals surface area contributed by atoms with Gasteiger partial charge in [-0.1, -0.05) is 140 Å². The second kappa shape index (κ2) is 12.1. The summed E-state index contributed by atoms with van der Waals surface area (Å²) < 4.78 is 4.69. The van der Waals surface area contributed by atoms with Crippen molar-refractivity contribution < 1.29 is 0 Å². The molecule has 0 aliphatic rings. The van der Waals surface area contributed by atoms with Crippen LogP contribution >= 0.6 is 0 Å². The fourth-order valence-corrected chi connectivity index (χ4v) is 8.25. The molecule has 252 valence electrons. The van der Waals surface area contributed by atoms with Crippen molar-refractivity contribution >= 4 is 54.4 Å². The van der Waals surface area contributed by atoms with Crippen molar-refractivity contribution in [2.24, 2.45) is 0 Å². The standard InChI is InChI=1S/C50H32N4/c1-4-15-34(16-5-1)43-32-48(52-50(51-43)35-17-6-2-7-18-35)54-46-28-26-37(31-42(46)49-39-21-11-10-14-33(39)24-29-47(49)54)36-25-27-45-41(30-36)40-22-12-13-23-44(40)53(45)38-19-8-3-9-20-38/h1-32H. The van der Waals surface area contributed by atoms with Gasteiger partial charge in [0.2, 0.25) is 0 Å². The quantitative estimate of drug-likeness (QED) is 0.180. The van der Waals surface area contributed by atoms with Gasteiger partial charge in [-0.3, -0.25) is 4.57 Å². The van der Waals surface area contributed by atoms with Crippen molar-refractivity contribution in [2.45, 2.75) is 0 Å². The van der Waals surface area contributed by atoms with E-state index in [1.54, 1.807) is 0 Å². The predicted octanol–water partition coefficient (Wildman–Crippen LogP) is 12.8. The van der Waals surface area contributed by atoms with Crippen LogP contribution in [0.1, 0.15) is 0 Å². The van der Waals surface area contributed by atoms with E-state index in [1.165, 1.54) is 54.5 Å². The van der Waals surface area contributed by atoms with Crippen LogP contribution in [0.2, 0.25) is 0 Å². The zero-order valence-electron chi connectivity index (χ0n) is 29.3. The first-order valence-electron chi connectivity index (χ1n) is 18.3. The highest BCUT2D eigenvalue weighted by Gasteiger charge is 2.20. The van der Waals surface area contributed by atoms with Gasteiger partial charge in [0, 0.05) is 44.4 Å². The van der Waals surface area contributed by atoms with Gasteiger partial charge in [0.25, 0.3) is 0 Å². The molecule has 0 N–H and O–H groups in total. The summed E-state index contributed by atoms with van der Waals surface area (Å²) in [4.78, 5) is 10.4. The Hall–Kier alpha value is -7.30. The Kier molecular flexibility index (Phi) is 6.82. The van der Waals surface area contributed by atoms with Crippen LogP contribution in [0.15, 0.2) is 194 Å². The summed E-state index contributed by atoms with van der Waals surface area (Å²) in [6.07, 6.45) is 0. The molecule has 0 atom stereocenters. The smallest absolute Gasteiger partial charge is 0.162 e. The Morgan fingerprint density at radius 1 is 0.333 bits per heavy atom. The maximum Gasteiger partial charge on any atom is 0.162 e. The Morgan fingerprint density at radius 2 is 0.907 bits per heavy atom. The lowest BCUT2D eigenvalue weighted by Gasteiger charge is -2.12. The van der Waals surface area contributed by atoms with Crippen molar-refractivity contribution in [3.05, 3.63) is 194 Å². The third-order valence-electron chi connectivity index (χ3n) is 10.7. The van der Waals surface area contributed by atoms with Crippen LogP contribution in [-0.4, -0.2) is 19.1 Å². The Balaban J connectivity index is 1.17. The summed E-state index contributed by atoms with van der Waals surface area (Å²) in [5.74, 6) is 1.53. The molecule has 0 spiro atoms. The fraction of sp³-hybridized carbons (Fsp3) is 0. The van der Waals surface area contributed by atoms with Crippen LogP contribution in [-0.2, 0) is 0 Å². The first-order chi connectivity index (χ1) is 26.8. The average Bonchev–Trinajstić information content (AvgIpc) is 3.77. The minimum absolute atomic E-state index is 0.697. The largest absolute Gasteiger partial charge is 0.309 e. The van der Waals surface area contributed by atoms with Crippen LogP contribution in [0.4, 0.5) is 0 Å². The van der Waals surface area contributed by atoms with Crippen molar-refractivity contribution in [1.82, 2.24) is 19.1 Å².